The average Bonchev–Trinajstić information content (AvgIpc) is 2.97. The lowest BCUT2D eigenvalue weighted by Gasteiger charge is -2.14. The van der Waals surface area contributed by atoms with Crippen LogP contribution in [-0.4, -0.2) is 48.9 Å². The molecule has 6 nitrogen and oxygen atoms in total. The molecule has 0 fully saturated rings. The number of hydrogen-bond donors (Lipinski definition) is 1. The SMILES string of the molecule is COCCOCCCNC(=O)[C@H](C)n1cnc2ccccc21. The number of aromatic nitrogens is 2. The van der Waals surface area contributed by atoms with Crippen molar-refractivity contribution in [2.75, 3.05) is 33.5 Å². The summed E-state index contributed by atoms with van der Waals surface area (Å²) in [6, 6.07) is 7.50. The Labute approximate surface area is 130 Å². The van der Waals surface area contributed by atoms with Crippen molar-refractivity contribution in [2.45, 2.75) is 19.4 Å². The van der Waals surface area contributed by atoms with Gasteiger partial charge in [-0.2, -0.15) is 0 Å². The van der Waals surface area contributed by atoms with Crippen LogP contribution in [-0.2, 0) is 14.3 Å². The molecule has 2 aromatic rings. The molecule has 1 heterocycles. The number of rotatable bonds is 9. The van der Waals surface area contributed by atoms with Crippen molar-refractivity contribution >= 4 is 16.9 Å². The van der Waals surface area contributed by atoms with Crippen molar-refractivity contribution in [3.63, 3.8) is 0 Å². The maximum atomic E-state index is 12.2. The van der Waals surface area contributed by atoms with Crippen molar-refractivity contribution < 1.29 is 14.3 Å². The number of ether oxygens (including phenoxy) is 2. The van der Waals surface area contributed by atoms with Gasteiger partial charge in [0.15, 0.2) is 0 Å². The van der Waals surface area contributed by atoms with E-state index in [2.05, 4.69) is 10.3 Å². The first kappa shape index (κ1) is 16.5. The van der Waals surface area contributed by atoms with Crippen molar-refractivity contribution in [1.29, 1.82) is 0 Å². The second-order valence-electron chi connectivity index (χ2n) is 5.07. The van der Waals surface area contributed by atoms with Crippen LogP contribution in [0.2, 0.25) is 0 Å². The number of nitrogens with zero attached hydrogens (tertiary/aromatic N) is 2. The number of methoxy groups -OCH3 is 1. The predicted octanol–water partition coefficient (Wildman–Crippen LogP) is 1.77. The van der Waals surface area contributed by atoms with Gasteiger partial charge < -0.3 is 19.4 Å². The normalized spacial score (nSPS) is 12.5. The number of para-hydroxylation sites is 2. The van der Waals surface area contributed by atoms with E-state index in [9.17, 15) is 4.79 Å². The molecule has 0 spiro atoms. The van der Waals surface area contributed by atoms with E-state index >= 15 is 0 Å². The van der Waals surface area contributed by atoms with E-state index in [1.807, 2.05) is 35.8 Å². The van der Waals surface area contributed by atoms with Gasteiger partial charge in [-0.1, -0.05) is 12.1 Å². The highest BCUT2D eigenvalue weighted by Crippen LogP contribution is 2.17. The largest absolute Gasteiger partial charge is 0.382 e. The van der Waals surface area contributed by atoms with Gasteiger partial charge in [-0.25, -0.2) is 4.98 Å². The number of carbonyl (C=O) groups excluding carboxylic acids is 1. The molecule has 1 N–H and O–H groups in total. The number of hydrogen-bond acceptors (Lipinski definition) is 4. The monoisotopic (exact) mass is 305 g/mol. The predicted molar refractivity (Wildman–Crippen MR) is 84.8 cm³/mol. The Morgan fingerprint density at radius 2 is 2.14 bits per heavy atom. The van der Waals surface area contributed by atoms with Gasteiger partial charge in [0, 0.05) is 20.3 Å². The summed E-state index contributed by atoms with van der Waals surface area (Å²) in [4.78, 5) is 16.5. The third-order valence-electron chi connectivity index (χ3n) is 3.47. The smallest absolute Gasteiger partial charge is 0.242 e. The van der Waals surface area contributed by atoms with E-state index in [0.717, 1.165) is 17.5 Å². The molecule has 0 radical (unpaired) electrons. The molecule has 6 heteroatoms. The van der Waals surface area contributed by atoms with Gasteiger partial charge in [0.1, 0.15) is 6.04 Å². The number of imidazole rings is 1. The topological polar surface area (TPSA) is 65.4 Å². The zero-order valence-electron chi connectivity index (χ0n) is 13.1. The fraction of sp³-hybridized carbons (Fsp3) is 0.500. The van der Waals surface area contributed by atoms with Crippen LogP contribution in [0.4, 0.5) is 0 Å². The Bertz CT molecular complexity index is 597. The first-order chi connectivity index (χ1) is 10.7. The van der Waals surface area contributed by atoms with Gasteiger partial charge >= 0.3 is 0 Å². The summed E-state index contributed by atoms with van der Waals surface area (Å²) in [5, 5.41) is 2.93. The molecule has 2 rings (SSSR count). The summed E-state index contributed by atoms with van der Waals surface area (Å²) >= 11 is 0. The van der Waals surface area contributed by atoms with Crippen LogP contribution in [0.3, 0.4) is 0 Å². The lowest BCUT2D eigenvalue weighted by molar-refractivity contribution is -0.123. The fourth-order valence-corrected chi connectivity index (χ4v) is 2.19. The average molecular weight is 305 g/mol. The Balaban J connectivity index is 1.78. The van der Waals surface area contributed by atoms with Crippen molar-refractivity contribution in [1.82, 2.24) is 14.9 Å². The molecule has 1 atom stereocenters. The van der Waals surface area contributed by atoms with Gasteiger partial charge in [-0.05, 0) is 25.5 Å². The lowest BCUT2D eigenvalue weighted by atomic mass is 10.2. The highest BCUT2D eigenvalue weighted by Gasteiger charge is 2.16. The highest BCUT2D eigenvalue weighted by molar-refractivity contribution is 5.83. The molecule has 0 aliphatic carbocycles. The maximum absolute atomic E-state index is 12.2. The molecule has 22 heavy (non-hydrogen) atoms. The van der Waals surface area contributed by atoms with Crippen molar-refractivity contribution in [2.24, 2.45) is 0 Å². The van der Waals surface area contributed by atoms with Crippen LogP contribution < -0.4 is 5.32 Å². The fourth-order valence-electron chi connectivity index (χ4n) is 2.19. The van der Waals surface area contributed by atoms with E-state index < -0.39 is 0 Å². The Kier molecular flexibility index (Phi) is 6.36. The Hall–Kier alpha value is -1.92. The molecule has 0 saturated heterocycles. The lowest BCUT2D eigenvalue weighted by Crippen LogP contribution is -2.32. The molecule has 0 aliphatic heterocycles. The minimum Gasteiger partial charge on any atom is -0.382 e. The van der Waals surface area contributed by atoms with Crippen LogP contribution in [0.15, 0.2) is 30.6 Å². The standard InChI is InChI=1S/C16H23N3O3/c1-13(16(20)17-8-5-9-22-11-10-21-2)19-12-18-14-6-3-4-7-15(14)19/h3-4,6-7,12-13H,5,8-11H2,1-2H3,(H,17,20)/t13-/m0/s1. The Morgan fingerprint density at radius 3 is 2.95 bits per heavy atom. The summed E-state index contributed by atoms with van der Waals surface area (Å²) in [6.45, 7) is 4.27. The number of nitrogens with one attached hydrogen (secondary N) is 1. The molecular formula is C16H23N3O3. The van der Waals surface area contributed by atoms with Crippen LogP contribution in [0, 0.1) is 0 Å². The first-order valence-electron chi connectivity index (χ1n) is 7.50. The van der Waals surface area contributed by atoms with E-state index in [-0.39, 0.29) is 11.9 Å². The maximum Gasteiger partial charge on any atom is 0.242 e. The van der Waals surface area contributed by atoms with E-state index in [0.29, 0.717) is 26.4 Å². The third-order valence-corrected chi connectivity index (χ3v) is 3.47. The summed E-state index contributed by atoms with van der Waals surface area (Å²) in [5.74, 6) is -0.0138. The molecule has 1 aromatic carbocycles. The van der Waals surface area contributed by atoms with Gasteiger partial charge in [0.2, 0.25) is 5.91 Å². The van der Waals surface area contributed by atoms with Crippen LogP contribution >= 0.6 is 0 Å². The molecule has 0 saturated carbocycles. The van der Waals surface area contributed by atoms with Crippen LogP contribution in [0.1, 0.15) is 19.4 Å². The molecule has 0 unspecified atom stereocenters. The van der Waals surface area contributed by atoms with Gasteiger partial charge in [-0.15, -0.1) is 0 Å². The molecule has 1 amide bonds. The summed E-state index contributed by atoms with van der Waals surface area (Å²) in [7, 11) is 1.64. The number of fused-ring (bicyclic) bond motifs is 1. The number of carbonyl (C=O) groups is 1. The van der Waals surface area contributed by atoms with E-state index in [1.165, 1.54) is 0 Å². The molecule has 0 aliphatic rings. The van der Waals surface area contributed by atoms with Crippen molar-refractivity contribution in [3.8, 4) is 0 Å². The summed E-state index contributed by atoms with van der Waals surface area (Å²) < 4.78 is 12.1. The van der Waals surface area contributed by atoms with Gasteiger partial charge in [0.25, 0.3) is 0 Å². The molecule has 1 aromatic heterocycles. The van der Waals surface area contributed by atoms with Crippen molar-refractivity contribution in [3.05, 3.63) is 30.6 Å². The second-order valence-corrected chi connectivity index (χ2v) is 5.07. The van der Waals surface area contributed by atoms with Gasteiger partial charge in [-0.3, -0.25) is 4.79 Å². The zero-order valence-corrected chi connectivity index (χ0v) is 13.1. The van der Waals surface area contributed by atoms with E-state index in [4.69, 9.17) is 9.47 Å². The Morgan fingerprint density at radius 1 is 1.32 bits per heavy atom. The highest BCUT2D eigenvalue weighted by atomic mass is 16.5. The minimum absolute atomic E-state index is 0.0138. The van der Waals surface area contributed by atoms with Crippen LogP contribution in [0.25, 0.3) is 11.0 Å². The van der Waals surface area contributed by atoms with Gasteiger partial charge in [0.05, 0.1) is 30.6 Å². The molecular weight excluding hydrogens is 282 g/mol. The second kappa shape index (κ2) is 8.51. The zero-order chi connectivity index (χ0) is 15.8. The minimum atomic E-state index is -0.290. The third kappa shape index (κ3) is 4.29. The van der Waals surface area contributed by atoms with E-state index in [1.54, 1.807) is 13.4 Å². The molecule has 0 bridgehead atoms. The quantitative estimate of drug-likeness (QED) is 0.717. The number of benzene rings is 1. The first-order valence-corrected chi connectivity index (χ1v) is 7.50. The summed E-state index contributed by atoms with van der Waals surface area (Å²) in [6.07, 6.45) is 2.50. The van der Waals surface area contributed by atoms with Crippen LogP contribution in [0.5, 0.6) is 0 Å². The molecule has 120 valence electrons. The number of amides is 1. The summed E-state index contributed by atoms with van der Waals surface area (Å²) in [5.41, 5.74) is 1.86.